The lowest BCUT2D eigenvalue weighted by molar-refractivity contribution is -0.123. The minimum atomic E-state index is -4.21. The molecule has 0 bridgehead atoms. The molecule has 2 N–H and O–H groups in total. The minimum Gasteiger partial charge on any atom is -0.493 e. The van der Waals surface area contributed by atoms with Crippen molar-refractivity contribution in [1.82, 2.24) is 10.7 Å². The molecule has 11 nitrogen and oxygen atoms in total. The molecule has 1 atom stereocenters. The molecule has 4 aromatic rings. The smallest absolute Gasteiger partial charge is 0.264 e. The molecule has 0 radical (unpaired) electrons. The standard InChI is InChI=1S/C35H38N4O7S/c1-24-17-25(2)19-29(18-24)39(47(42,43)31-15-16-32(44-4)33(20-31)45-5)22-34(40)38-36-21-27-11-13-30(14-12-27)46-23-35(41)37-26(3)28-9-7-6-8-10-28/h6-21,26H,22-23H2,1-5H3,(H,37,41)(H,38,40)/b36-21-/t26-/m1/s1. The number of nitrogens with zero attached hydrogens (tertiary/aromatic N) is 2. The molecule has 0 saturated heterocycles. The molecule has 2 amide bonds. The summed E-state index contributed by atoms with van der Waals surface area (Å²) < 4.78 is 44.9. The Hall–Kier alpha value is -5.36. The second kappa shape index (κ2) is 15.8. The zero-order valence-electron chi connectivity index (χ0n) is 26.9. The molecule has 4 aromatic carbocycles. The highest BCUT2D eigenvalue weighted by Gasteiger charge is 2.28. The van der Waals surface area contributed by atoms with Gasteiger partial charge < -0.3 is 19.5 Å². The summed E-state index contributed by atoms with van der Waals surface area (Å²) in [5, 5.41) is 6.90. The average Bonchev–Trinajstić information content (AvgIpc) is 3.06. The fraction of sp³-hybridized carbons (Fsp3) is 0.229. The molecule has 0 aliphatic carbocycles. The second-order valence-electron chi connectivity index (χ2n) is 10.7. The first-order valence-electron chi connectivity index (χ1n) is 14.7. The van der Waals surface area contributed by atoms with Crippen molar-refractivity contribution >= 4 is 33.7 Å². The van der Waals surface area contributed by atoms with E-state index < -0.39 is 22.5 Å². The van der Waals surface area contributed by atoms with Crippen LogP contribution in [0.25, 0.3) is 0 Å². The van der Waals surface area contributed by atoms with Crippen LogP contribution < -0.4 is 29.3 Å². The van der Waals surface area contributed by atoms with Gasteiger partial charge in [-0.25, -0.2) is 13.8 Å². The topological polar surface area (TPSA) is 136 Å². The molecule has 0 aliphatic heterocycles. The van der Waals surface area contributed by atoms with E-state index in [0.29, 0.717) is 22.7 Å². The monoisotopic (exact) mass is 658 g/mol. The van der Waals surface area contributed by atoms with Crippen LogP contribution in [-0.4, -0.2) is 53.8 Å². The number of carbonyl (C=O) groups is 2. The predicted molar refractivity (Wildman–Crippen MR) is 181 cm³/mol. The number of rotatable bonds is 14. The van der Waals surface area contributed by atoms with Crippen molar-refractivity contribution in [2.45, 2.75) is 31.7 Å². The van der Waals surface area contributed by atoms with Gasteiger partial charge in [0, 0.05) is 6.07 Å². The van der Waals surface area contributed by atoms with Gasteiger partial charge in [0.15, 0.2) is 18.1 Å². The van der Waals surface area contributed by atoms with Crippen molar-refractivity contribution in [3.05, 3.63) is 113 Å². The van der Waals surface area contributed by atoms with Gasteiger partial charge in [0.2, 0.25) is 0 Å². The maximum Gasteiger partial charge on any atom is 0.264 e. The Morgan fingerprint density at radius 1 is 0.851 bits per heavy atom. The quantitative estimate of drug-likeness (QED) is 0.145. The summed E-state index contributed by atoms with van der Waals surface area (Å²) in [7, 11) is -1.35. The van der Waals surface area contributed by atoms with Crippen molar-refractivity contribution in [2.24, 2.45) is 5.10 Å². The van der Waals surface area contributed by atoms with Crippen molar-refractivity contribution < 1.29 is 32.2 Å². The van der Waals surface area contributed by atoms with Gasteiger partial charge in [-0.1, -0.05) is 36.4 Å². The molecule has 12 heteroatoms. The summed E-state index contributed by atoms with van der Waals surface area (Å²) in [5.74, 6) is 0.186. The van der Waals surface area contributed by atoms with Gasteiger partial charge in [-0.15, -0.1) is 0 Å². The van der Waals surface area contributed by atoms with Crippen molar-refractivity contribution in [2.75, 3.05) is 31.7 Å². The maximum absolute atomic E-state index is 13.9. The van der Waals surface area contributed by atoms with E-state index in [9.17, 15) is 18.0 Å². The van der Waals surface area contributed by atoms with Crippen LogP contribution in [0.5, 0.6) is 17.2 Å². The number of hydrogen-bond acceptors (Lipinski definition) is 8. The molecule has 47 heavy (non-hydrogen) atoms. The van der Waals surface area contributed by atoms with Crippen LogP contribution in [0.3, 0.4) is 0 Å². The van der Waals surface area contributed by atoms with Gasteiger partial charge in [-0.3, -0.25) is 13.9 Å². The van der Waals surface area contributed by atoms with Crippen molar-refractivity contribution in [3.8, 4) is 17.2 Å². The number of sulfonamides is 1. The Morgan fingerprint density at radius 3 is 2.15 bits per heavy atom. The van der Waals surface area contributed by atoms with Crippen LogP contribution in [0.1, 0.15) is 35.2 Å². The molecule has 246 valence electrons. The van der Waals surface area contributed by atoms with E-state index in [1.807, 2.05) is 57.2 Å². The molecule has 0 aromatic heterocycles. The van der Waals surface area contributed by atoms with Crippen LogP contribution >= 0.6 is 0 Å². The number of anilines is 1. The summed E-state index contributed by atoms with van der Waals surface area (Å²) in [6, 6.07) is 25.8. The molecule has 0 fully saturated rings. The van der Waals surface area contributed by atoms with E-state index in [1.54, 1.807) is 36.4 Å². The SMILES string of the molecule is COc1ccc(S(=O)(=O)N(CC(=O)N/N=C\c2ccc(OCC(=O)N[C@H](C)c3ccccc3)cc2)c2cc(C)cc(C)c2)cc1OC. The number of hydrazone groups is 1. The first kappa shape index (κ1) is 34.5. The highest BCUT2D eigenvalue weighted by Crippen LogP contribution is 2.32. The van der Waals surface area contributed by atoms with Crippen LogP contribution in [0.2, 0.25) is 0 Å². The summed E-state index contributed by atoms with van der Waals surface area (Å²) in [6.45, 7) is 4.91. The second-order valence-corrected chi connectivity index (χ2v) is 12.6. The third-order valence-electron chi connectivity index (χ3n) is 7.05. The zero-order chi connectivity index (χ0) is 34.0. The summed E-state index contributed by atoms with van der Waals surface area (Å²) in [4.78, 5) is 25.3. The fourth-order valence-electron chi connectivity index (χ4n) is 4.77. The van der Waals surface area contributed by atoms with Crippen molar-refractivity contribution in [3.63, 3.8) is 0 Å². The molecule has 0 unspecified atom stereocenters. The fourth-order valence-corrected chi connectivity index (χ4v) is 6.19. The Labute approximate surface area is 275 Å². The van der Waals surface area contributed by atoms with Gasteiger partial charge in [0.1, 0.15) is 12.3 Å². The van der Waals surface area contributed by atoms with Crippen LogP contribution in [-0.2, 0) is 19.6 Å². The average molecular weight is 659 g/mol. The minimum absolute atomic E-state index is 0.0730. The first-order valence-corrected chi connectivity index (χ1v) is 16.2. The third-order valence-corrected chi connectivity index (χ3v) is 8.82. The Bertz CT molecular complexity index is 1810. The van der Waals surface area contributed by atoms with Crippen molar-refractivity contribution in [1.29, 1.82) is 0 Å². The zero-order valence-corrected chi connectivity index (χ0v) is 27.7. The molecule has 4 rings (SSSR count). The number of methoxy groups -OCH3 is 2. The van der Waals surface area contributed by atoms with E-state index >= 15 is 0 Å². The number of benzene rings is 4. The van der Waals surface area contributed by atoms with E-state index in [-0.39, 0.29) is 29.2 Å². The number of amides is 2. The van der Waals surface area contributed by atoms with Gasteiger partial charge >= 0.3 is 0 Å². The van der Waals surface area contributed by atoms with E-state index in [4.69, 9.17) is 14.2 Å². The van der Waals surface area contributed by atoms with E-state index in [1.165, 1.54) is 38.6 Å². The molecule has 0 aliphatic rings. The molecular weight excluding hydrogens is 620 g/mol. The summed E-state index contributed by atoms with van der Waals surface area (Å²) >= 11 is 0. The van der Waals surface area contributed by atoms with Crippen LogP contribution in [0, 0.1) is 13.8 Å². The molecular formula is C35H38N4O7S. The first-order chi connectivity index (χ1) is 22.5. The normalized spacial score (nSPS) is 11.9. The molecule has 0 spiro atoms. The Morgan fingerprint density at radius 2 is 1.51 bits per heavy atom. The van der Waals surface area contributed by atoms with Gasteiger partial charge in [0.25, 0.3) is 21.8 Å². The lowest BCUT2D eigenvalue weighted by Crippen LogP contribution is -2.39. The van der Waals surface area contributed by atoms with Crippen LogP contribution in [0.4, 0.5) is 5.69 Å². The highest BCUT2D eigenvalue weighted by atomic mass is 32.2. The lowest BCUT2D eigenvalue weighted by Gasteiger charge is -2.25. The number of nitrogens with one attached hydrogen (secondary N) is 2. The molecule has 0 saturated carbocycles. The summed E-state index contributed by atoms with van der Waals surface area (Å²) in [5.41, 5.74) is 6.04. The summed E-state index contributed by atoms with van der Waals surface area (Å²) in [6.07, 6.45) is 1.42. The molecule has 0 heterocycles. The number of carbonyl (C=O) groups excluding carboxylic acids is 2. The van der Waals surface area contributed by atoms with Gasteiger partial charge in [0.05, 0.1) is 37.1 Å². The predicted octanol–water partition coefficient (Wildman–Crippen LogP) is 4.92. The number of aryl methyl sites for hydroxylation is 2. The van der Waals surface area contributed by atoms with E-state index in [2.05, 4.69) is 15.8 Å². The third kappa shape index (κ3) is 9.33. The van der Waals surface area contributed by atoms with Crippen LogP contribution in [0.15, 0.2) is 101 Å². The lowest BCUT2D eigenvalue weighted by atomic mass is 10.1. The Balaban J connectivity index is 1.39. The van der Waals surface area contributed by atoms with E-state index in [0.717, 1.165) is 21.0 Å². The Kier molecular flexibility index (Phi) is 11.6. The number of ether oxygens (including phenoxy) is 3. The van der Waals surface area contributed by atoms with Gasteiger partial charge in [-0.05, 0) is 91.6 Å². The number of hydrogen-bond donors (Lipinski definition) is 2. The highest BCUT2D eigenvalue weighted by molar-refractivity contribution is 7.92. The largest absolute Gasteiger partial charge is 0.493 e. The van der Waals surface area contributed by atoms with Gasteiger partial charge in [-0.2, -0.15) is 5.10 Å². The maximum atomic E-state index is 13.9.